The molecule has 1 aliphatic rings. The summed E-state index contributed by atoms with van der Waals surface area (Å²) in [6.45, 7) is 1.76. The van der Waals surface area contributed by atoms with E-state index in [0.717, 1.165) is 23.1 Å². The number of nitrogens with one attached hydrogen (secondary N) is 1. The molecule has 4 rings (SSSR count). The molecule has 28 heavy (non-hydrogen) atoms. The number of benzene rings is 2. The van der Waals surface area contributed by atoms with Crippen LogP contribution in [0.15, 0.2) is 64.1 Å². The van der Waals surface area contributed by atoms with Gasteiger partial charge in [0.2, 0.25) is 5.91 Å². The minimum absolute atomic E-state index is 0.0681. The number of nitrogens with zero attached hydrogens (tertiary/aromatic N) is 3. The molecule has 7 heteroatoms. The van der Waals surface area contributed by atoms with Crippen molar-refractivity contribution >= 4 is 38.4 Å². The predicted molar refractivity (Wildman–Crippen MR) is 113 cm³/mol. The SMILES string of the molecule is O=C(CCn1cnc2ccc(Br)cc2c1=O)N1CCC(Nc2ccccc2)C1. The number of hydrogen-bond donors (Lipinski definition) is 1. The van der Waals surface area contributed by atoms with Crippen LogP contribution in [0.2, 0.25) is 0 Å². The zero-order valence-electron chi connectivity index (χ0n) is 15.3. The molecule has 1 N–H and O–H groups in total. The lowest BCUT2D eigenvalue weighted by molar-refractivity contribution is -0.130. The van der Waals surface area contributed by atoms with Crippen LogP contribution in [0.4, 0.5) is 5.69 Å². The van der Waals surface area contributed by atoms with Crippen molar-refractivity contribution in [1.82, 2.24) is 14.5 Å². The smallest absolute Gasteiger partial charge is 0.261 e. The monoisotopic (exact) mass is 440 g/mol. The lowest BCUT2D eigenvalue weighted by atomic mass is 10.2. The third-order valence-corrected chi connectivity index (χ3v) is 5.53. The maximum atomic E-state index is 12.6. The van der Waals surface area contributed by atoms with E-state index < -0.39 is 0 Å². The van der Waals surface area contributed by atoms with E-state index in [1.54, 1.807) is 12.1 Å². The van der Waals surface area contributed by atoms with E-state index in [9.17, 15) is 9.59 Å². The molecule has 2 heterocycles. The molecule has 0 spiro atoms. The third kappa shape index (κ3) is 4.09. The van der Waals surface area contributed by atoms with Crippen molar-refractivity contribution < 1.29 is 4.79 Å². The van der Waals surface area contributed by atoms with E-state index in [-0.39, 0.29) is 17.5 Å². The summed E-state index contributed by atoms with van der Waals surface area (Å²) in [6, 6.07) is 15.7. The Bertz CT molecular complexity index is 1050. The predicted octanol–water partition coefficient (Wildman–Crippen LogP) is 3.26. The van der Waals surface area contributed by atoms with Gasteiger partial charge in [-0.3, -0.25) is 14.2 Å². The van der Waals surface area contributed by atoms with Crippen molar-refractivity contribution in [2.45, 2.75) is 25.4 Å². The van der Waals surface area contributed by atoms with Crippen LogP contribution in [-0.2, 0) is 11.3 Å². The minimum Gasteiger partial charge on any atom is -0.380 e. The Kier molecular flexibility index (Phi) is 5.43. The van der Waals surface area contributed by atoms with Crippen molar-refractivity contribution in [3.05, 3.63) is 69.7 Å². The van der Waals surface area contributed by atoms with E-state index in [0.29, 0.717) is 30.4 Å². The van der Waals surface area contributed by atoms with Gasteiger partial charge in [-0.05, 0) is 36.8 Å². The molecule has 2 aromatic carbocycles. The Morgan fingerprint density at radius 3 is 2.86 bits per heavy atom. The summed E-state index contributed by atoms with van der Waals surface area (Å²) in [6.07, 6.45) is 2.74. The zero-order valence-corrected chi connectivity index (χ0v) is 16.9. The van der Waals surface area contributed by atoms with Gasteiger partial charge in [0.25, 0.3) is 5.56 Å². The number of para-hydroxylation sites is 1. The topological polar surface area (TPSA) is 67.2 Å². The van der Waals surface area contributed by atoms with Crippen LogP contribution in [0.3, 0.4) is 0 Å². The van der Waals surface area contributed by atoms with E-state index >= 15 is 0 Å². The summed E-state index contributed by atoms with van der Waals surface area (Å²) in [4.78, 5) is 31.4. The van der Waals surface area contributed by atoms with Gasteiger partial charge in [-0.15, -0.1) is 0 Å². The first-order valence-electron chi connectivity index (χ1n) is 9.34. The lowest BCUT2D eigenvalue weighted by Crippen LogP contribution is -2.33. The van der Waals surface area contributed by atoms with Crippen molar-refractivity contribution in [2.75, 3.05) is 18.4 Å². The minimum atomic E-state index is -0.121. The largest absolute Gasteiger partial charge is 0.380 e. The third-order valence-electron chi connectivity index (χ3n) is 5.04. The summed E-state index contributed by atoms with van der Waals surface area (Å²) in [5.41, 5.74) is 1.61. The molecule has 0 aliphatic carbocycles. The molecule has 3 aromatic rings. The van der Waals surface area contributed by atoms with Crippen molar-refractivity contribution in [3.8, 4) is 0 Å². The number of halogens is 1. The van der Waals surface area contributed by atoms with Gasteiger partial charge in [-0.1, -0.05) is 34.1 Å². The van der Waals surface area contributed by atoms with Crippen LogP contribution in [0.25, 0.3) is 10.9 Å². The van der Waals surface area contributed by atoms with Crippen LogP contribution < -0.4 is 10.9 Å². The molecule has 0 radical (unpaired) electrons. The van der Waals surface area contributed by atoms with E-state index in [2.05, 4.69) is 26.2 Å². The first-order valence-corrected chi connectivity index (χ1v) is 10.1. The van der Waals surface area contributed by atoms with E-state index in [1.807, 2.05) is 41.3 Å². The number of rotatable bonds is 5. The van der Waals surface area contributed by atoms with Crippen LogP contribution in [-0.4, -0.2) is 39.5 Å². The highest BCUT2D eigenvalue weighted by Gasteiger charge is 2.25. The fourth-order valence-corrected chi connectivity index (χ4v) is 3.90. The van der Waals surface area contributed by atoms with Gasteiger partial charge < -0.3 is 10.2 Å². The Balaban J connectivity index is 1.36. The quantitative estimate of drug-likeness (QED) is 0.660. The molecule has 6 nitrogen and oxygen atoms in total. The molecule has 0 saturated carbocycles. The van der Waals surface area contributed by atoms with Crippen molar-refractivity contribution in [3.63, 3.8) is 0 Å². The Morgan fingerprint density at radius 1 is 1.21 bits per heavy atom. The van der Waals surface area contributed by atoms with Crippen LogP contribution in [0, 0.1) is 0 Å². The summed E-state index contributed by atoms with van der Waals surface area (Å²) < 4.78 is 2.35. The van der Waals surface area contributed by atoms with Crippen molar-refractivity contribution in [1.29, 1.82) is 0 Å². The average Bonchev–Trinajstić information content (AvgIpc) is 3.17. The summed E-state index contributed by atoms with van der Waals surface area (Å²) >= 11 is 3.38. The molecule has 1 saturated heterocycles. The second-order valence-electron chi connectivity index (χ2n) is 6.99. The molecule has 1 amide bonds. The Labute approximate surface area is 171 Å². The number of likely N-dealkylation sites (tertiary alicyclic amines) is 1. The van der Waals surface area contributed by atoms with Crippen LogP contribution >= 0.6 is 15.9 Å². The molecular formula is C21H21BrN4O2. The van der Waals surface area contributed by atoms with Gasteiger partial charge in [0.05, 0.1) is 17.2 Å². The van der Waals surface area contributed by atoms with Gasteiger partial charge in [0, 0.05) is 42.3 Å². The number of amides is 1. The van der Waals surface area contributed by atoms with Gasteiger partial charge in [0.1, 0.15) is 0 Å². The number of aryl methyl sites for hydroxylation is 1. The molecule has 0 bridgehead atoms. The molecule has 1 unspecified atom stereocenters. The first kappa shape index (κ1) is 18.7. The van der Waals surface area contributed by atoms with E-state index in [4.69, 9.17) is 0 Å². The Hall–Kier alpha value is -2.67. The van der Waals surface area contributed by atoms with Gasteiger partial charge in [0.15, 0.2) is 0 Å². The molecule has 1 aromatic heterocycles. The van der Waals surface area contributed by atoms with E-state index in [1.165, 1.54) is 10.9 Å². The molecule has 144 valence electrons. The number of aromatic nitrogens is 2. The van der Waals surface area contributed by atoms with Gasteiger partial charge >= 0.3 is 0 Å². The Morgan fingerprint density at radius 2 is 2.04 bits per heavy atom. The van der Waals surface area contributed by atoms with Gasteiger partial charge in [-0.25, -0.2) is 4.98 Å². The number of anilines is 1. The fraction of sp³-hybridized carbons (Fsp3) is 0.286. The highest BCUT2D eigenvalue weighted by Crippen LogP contribution is 2.17. The standard InChI is InChI=1S/C21H21BrN4O2/c22-15-6-7-19-18(12-15)21(28)26(14-23-19)11-9-20(27)25-10-8-17(13-25)24-16-4-2-1-3-5-16/h1-7,12,14,17,24H,8-11,13H2. The fourth-order valence-electron chi connectivity index (χ4n) is 3.54. The second kappa shape index (κ2) is 8.14. The summed E-state index contributed by atoms with van der Waals surface area (Å²) in [7, 11) is 0. The molecular weight excluding hydrogens is 420 g/mol. The molecule has 1 aliphatic heterocycles. The highest BCUT2D eigenvalue weighted by molar-refractivity contribution is 9.10. The molecule has 1 fully saturated rings. The number of hydrogen-bond acceptors (Lipinski definition) is 4. The average molecular weight is 441 g/mol. The second-order valence-corrected chi connectivity index (χ2v) is 7.91. The zero-order chi connectivity index (χ0) is 19.5. The number of carbonyl (C=O) groups is 1. The van der Waals surface area contributed by atoms with Gasteiger partial charge in [-0.2, -0.15) is 0 Å². The number of fused-ring (bicyclic) bond motifs is 1. The normalized spacial score (nSPS) is 16.5. The summed E-state index contributed by atoms with van der Waals surface area (Å²) in [5.74, 6) is 0.0681. The van der Waals surface area contributed by atoms with Crippen LogP contribution in [0.1, 0.15) is 12.8 Å². The maximum absolute atomic E-state index is 12.6. The molecule has 1 atom stereocenters. The maximum Gasteiger partial charge on any atom is 0.261 e. The summed E-state index contributed by atoms with van der Waals surface area (Å²) in [5, 5.41) is 4.02. The van der Waals surface area contributed by atoms with Crippen molar-refractivity contribution in [2.24, 2.45) is 0 Å². The first-order chi connectivity index (χ1) is 13.6. The number of carbonyl (C=O) groups excluding carboxylic acids is 1. The lowest BCUT2D eigenvalue weighted by Gasteiger charge is -2.18. The highest BCUT2D eigenvalue weighted by atomic mass is 79.9. The van der Waals surface area contributed by atoms with Crippen LogP contribution in [0.5, 0.6) is 0 Å².